The van der Waals surface area contributed by atoms with Crippen LogP contribution in [0, 0.1) is 31.1 Å². The Hall–Kier alpha value is -1.85. The van der Waals surface area contributed by atoms with Gasteiger partial charge in [-0.1, -0.05) is 13.8 Å². The second-order valence-corrected chi connectivity index (χ2v) is 5.43. The van der Waals surface area contributed by atoms with Gasteiger partial charge in [-0.3, -0.25) is 14.7 Å². The van der Waals surface area contributed by atoms with Crippen LogP contribution < -0.4 is 5.32 Å². The number of carboxylic acid groups (broad SMARTS) is 1. The summed E-state index contributed by atoms with van der Waals surface area (Å²) in [5.74, 6) is -1.83. The Labute approximate surface area is 105 Å². The van der Waals surface area contributed by atoms with Gasteiger partial charge in [-0.15, -0.1) is 0 Å². The Balaban J connectivity index is 2.11. The number of hydrogen-bond donors (Lipinski definition) is 3. The lowest BCUT2D eigenvalue weighted by molar-refractivity contribution is -0.140. The highest BCUT2D eigenvalue weighted by atomic mass is 16.4. The van der Waals surface area contributed by atoms with Gasteiger partial charge in [0.1, 0.15) is 0 Å². The zero-order valence-electron chi connectivity index (χ0n) is 10.9. The fourth-order valence-electron chi connectivity index (χ4n) is 2.39. The van der Waals surface area contributed by atoms with E-state index in [1.54, 1.807) is 13.8 Å². The highest BCUT2D eigenvalue weighted by Crippen LogP contribution is 2.58. The van der Waals surface area contributed by atoms with Crippen LogP contribution in [0.4, 0.5) is 5.82 Å². The Kier molecular flexibility index (Phi) is 2.68. The van der Waals surface area contributed by atoms with Crippen LogP contribution in [0.5, 0.6) is 0 Å². The van der Waals surface area contributed by atoms with E-state index < -0.39 is 23.2 Å². The number of carbonyl (C=O) groups excluding carboxylic acids is 1. The highest BCUT2D eigenvalue weighted by Gasteiger charge is 2.65. The normalized spacial score (nSPS) is 24.7. The lowest BCUT2D eigenvalue weighted by Gasteiger charge is -2.04. The van der Waals surface area contributed by atoms with Crippen molar-refractivity contribution in [2.45, 2.75) is 27.7 Å². The Morgan fingerprint density at radius 1 is 1.33 bits per heavy atom. The summed E-state index contributed by atoms with van der Waals surface area (Å²) in [4.78, 5) is 23.1. The first-order valence-corrected chi connectivity index (χ1v) is 5.82. The van der Waals surface area contributed by atoms with E-state index in [9.17, 15) is 9.59 Å². The van der Waals surface area contributed by atoms with Gasteiger partial charge < -0.3 is 10.4 Å². The number of anilines is 1. The van der Waals surface area contributed by atoms with Crippen LogP contribution in [-0.4, -0.2) is 27.2 Å². The number of carboxylic acids is 1. The molecule has 3 N–H and O–H groups in total. The Bertz CT molecular complexity index is 519. The number of nitrogens with one attached hydrogen (secondary N) is 2. The number of aryl methyl sites for hydroxylation is 1. The molecule has 1 aromatic heterocycles. The summed E-state index contributed by atoms with van der Waals surface area (Å²) in [6.45, 7) is 7.29. The molecule has 1 aromatic rings. The predicted molar refractivity (Wildman–Crippen MR) is 65.1 cm³/mol. The van der Waals surface area contributed by atoms with Gasteiger partial charge >= 0.3 is 5.97 Å². The number of aromatic nitrogens is 2. The number of rotatable bonds is 3. The van der Waals surface area contributed by atoms with E-state index in [0.29, 0.717) is 5.82 Å². The van der Waals surface area contributed by atoms with Crippen molar-refractivity contribution in [1.82, 2.24) is 10.2 Å². The highest BCUT2D eigenvalue weighted by molar-refractivity contribution is 5.99. The summed E-state index contributed by atoms with van der Waals surface area (Å²) >= 11 is 0. The van der Waals surface area contributed by atoms with E-state index in [1.807, 2.05) is 13.8 Å². The third kappa shape index (κ3) is 1.77. The fraction of sp³-hybridized carbons (Fsp3) is 0.583. The molecule has 98 valence electrons. The smallest absolute Gasteiger partial charge is 0.307 e. The third-order valence-corrected chi connectivity index (χ3v) is 3.87. The summed E-state index contributed by atoms with van der Waals surface area (Å²) in [5.41, 5.74) is 1.26. The lowest BCUT2D eigenvalue weighted by atomic mass is 10.1. The molecular weight excluding hydrogens is 234 g/mol. The van der Waals surface area contributed by atoms with E-state index in [0.717, 1.165) is 11.3 Å². The zero-order chi connectivity index (χ0) is 13.7. The molecule has 1 fully saturated rings. The number of amides is 1. The molecule has 6 heteroatoms. The molecule has 18 heavy (non-hydrogen) atoms. The largest absolute Gasteiger partial charge is 0.481 e. The molecule has 0 saturated heterocycles. The van der Waals surface area contributed by atoms with E-state index >= 15 is 0 Å². The molecule has 0 bridgehead atoms. The molecule has 2 unspecified atom stereocenters. The van der Waals surface area contributed by atoms with Gasteiger partial charge in [-0.25, -0.2) is 0 Å². The number of carbonyl (C=O) groups is 2. The molecule has 0 aromatic carbocycles. The second-order valence-electron chi connectivity index (χ2n) is 5.43. The second kappa shape index (κ2) is 3.83. The maximum Gasteiger partial charge on any atom is 0.307 e. The monoisotopic (exact) mass is 251 g/mol. The number of aliphatic carboxylic acids is 1. The lowest BCUT2D eigenvalue weighted by Crippen LogP contribution is -2.18. The van der Waals surface area contributed by atoms with Crippen molar-refractivity contribution in [2.24, 2.45) is 17.3 Å². The van der Waals surface area contributed by atoms with Crippen LogP contribution in [0.1, 0.15) is 25.1 Å². The van der Waals surface area contributed by atoms with Crippen molar-refractivity contribution in [2.75, 3.05) is 5.32 Å². The van der Waals surface area contributed by atoms with Gasteiger partial charge in [-0.05, 0) is 19.3 Å². The van der Waals surface area contributed by atoms with Crippen molar-refractivity contribution < 1.29 is 14.7 Å². The number of nitrogens with zero attached hydrogens (tertiary/aromatic N) is 1. The molecule has 1 amide bonds. The molecule has 6 nitrogen and oxygen atoms in total. The van der Waals surface area contributed by atoms with Crippen LogP contribution in [-0.2, 0) is 9.59 Å². The molecule has 2 rings (SSSR count). The molecule has 1 aliphatic rings. The van der Waals surface area contributed by atoms with E-state index in [1.165, 1.54) is 0 Å². The third-order valence-electron chi connectivity index (χ3n) is 3.87. The summed E-state index contributed by atoms with van der Waals surface area (Å²) in [7, 11) is 0. The zero-order valence-corrected chi connectivity index (χ0v) is 10.9. The van der Waals surface area contributed by atoms with Crippen LogP contribution in [0.15, 0.2) is 0 Å². The van der Waals surface area contributed by atoms with Gasteiger partial charge in [0.15, 0.2) is 5.82 Å². The van der Waals surface area contributed by atoms with Gasteiger partial charge in [0.05, 0.1) is 11.8 Å². The first-order valence-electron chi connectivity index (χ1n) is 5.82. The fourth-order valence-corrected chi connectivity index (χ4v) is 2.39. The first kappa shape index (κ1) is 12.6. The van der Waals surface area contributed by atoms with Crippen LogP contribution in [0.25, 0.3) is 0 Å². The summed E-state index contributed by atoms with van der Waals surface area (Å²) < 4.78 is 0. The van der Waals surface area contributed by atoms with E-state index in [4.69, 9.17) is 5.11 Å². The molecule has 1 saturated carbocycles. The van der Waals surface area contributed by atoms with Crippen molar-refractivity contribution in [3.63, 3.8) is 0 Å². The minimum atomic E-state index is -0.921. The number of aromatic amines is 1. The minimum Gasteiger partial charge on any atom is -0.481 e. The average molecular weight is 251 g/mol. The van der Waals surface area contributed by atoms with Crippen molar-refractivity contribution in [1.29, 1.82) is 0 Å². The maximum atomic E-state index is 12.0. The van der Waals surface area contributed by atoms with Crippen LogP contribution in [0.3, 0.4) is 0 Å². The van der Waals surface area contributed by atoms with E-state index in [2.05, 4.69) is 15.5 Å². The van der Waals surface area contributed by atoms with Gasteiger partial charge in [-0.2, -0.15) is 5.10 Å². The molecule has 0 radical (unpaired) electrons. The number of H-pyrrole nitrogens is 1. The Morgan fingerprint density at radius 3 is 2.33 bits per heavy atom. The summed E-state index contributed by atoms with van der Waals surface area (Å²) in [5, 5.41) is 18.5. The van der Waals surface area contributed by atoms with Gasteiger partial charge in [0.25, 0.3) is 0 Å². The average Bonchev–Trinajstić information content (AvgIpc) is 2.73. The van der Waals surface area contributed by atoms with Crippen molar-refractivity contribution in [3.8, 4) is 0 Å². The van der Waals surface area contributed by atoms with Crippen LogP contribution >= 0.6 is 0 Å². The van der Waals surface area contributed by atoms with Crippen molar-refractivity contribution >= 4 is 17.7 Å². The van der Waals surface area contributed by atoms with Gasteiger partial charge in [0, 0.05) is 11.3 Å². The standard InChI is InChI=1S/C12H17N3O3/c1-5-6(2)14-15-9(5)13-10(16)7-8(11(17)18)12(7,3)4/h7-8H,1-4H3,(H,17,18)(H2,13,14,15,16). The minimum absolute atomic E-state index is 0.276. The summed E-state index contributed by atoms with van der Waals surface area (Å²) in [6, 6.07) is 0. The maximum absolute atomic E-state index is 12.0. The van der Waals surface area contributed by atoms with E-state index in [-0.39, 0.29) is 5.91 Å². The molecule has 1 aliphatic carbocycles. The van der Waals surface area contributed by atoms with Gasteiger partial charge in [0.2, 0.25) is 5.91 Å². The topological polar surface area (TPSA) is 95.1 Å². The summed E-state index contributed by atoms with van der Waals surface area (Å²) in [6.07, 6.45) is 0. The number of hydrogen-bond acceptors (Lipinski definition) is 3. The molecular formula is C12H17N3O3. The molecule has 1 heterocycles. The predicted octanol–water partition coefficient (Wildman–Crippen LogP) is 1.32. The molecule has 0 aliphatic heterocycles. The first-order chi connectivity index (χ1) is 8.26. The molecule has 0 spiro atoms. The van der Waals surface area contributed by atoms with Crippen LogP contribution in [0.2, 0.25) is 0 Å². The molecule has 2 atom stereocenters. The van der Waals surface area contributed by atoms with Crippen molar-refractivity contribution in [3.05, 3.63) is 11.3 Å². The Morgan fingerprint density at radius 2 is 1.94 bits per heavy atom. The quantitative estimate of drug-likeness (QED) is 0.755. The SMILES string of the molecule is Cc1[nH]nc(NC(=O)C2C(C(=O)O)C2(C)C)c1C.